The molecule has 0 radical (unpaired) electrons. The van der Waals surface area contributed by atoms with Gasteiger partial charge in [-0.3, -0.25) is 14.9 Å². The average Bonchev–Trinajstić information content (AvgIpc) is 3.40. The number of amides is 1. The summed E-state index contributed by atoms with van der Waals surface area (Å²) in [6.45, 7) is 2.03. The maximum atomic E-state index is 13.8. The zero-order valence-corrected chi connectivity index (χ0v) is 21.2. The molecule has 1 amide bonds. The SMILES string of the molecule is NC(=O)c1cccc(S(=O)(=O)c2ccc(NCC3COCCN3)c([N+](=O)[O-])c2)c1Oc1cnc2[nH]ccc2c1. The fraction of sp³-hybridized carbons (Fsp3) is 0.200. The topological polar surface area (TPSA) is 192 Å². The molecule has 2 aromatic carbocycles. The second kappa shape index (κ2) is 10.7. The number of nitrogens with two attached hydrogens (primary N) is 1. The van der Waals surface area contributed by atoms with Gasteiger partial charge >= 0.3 is 0 Å². The molecule has 4 aromatic rings. The van der Waals surface area contributed by atoms with Gasteiger partial charge in [-0.25, -0.2) is 13.4 Å². The number of pyridine rings is 1. The number of benzene rings is 2. The average molecular weight is 553 g/mol. The number of nitrogens with one attached hydrogen (secondary N) is 3. The number of anilines is 1. The van der Waals surface area contributed by atoms with Crippen LogP contribution in [0.15, 0.2) is 70.7 Å². The quantitative estimate of drug-likeness (QED) is 0.177. The van der Waals surface area contributed by atoms with E-state index in [1.54, 1.807) is 18.3 Å². The molecule has 0 aliphatic carbocycles. The summed E-state index contributed by atoms with van der Waals surface area (Å²) in [5.41, 5.74) is 5.66. The number of rotatable bonds is 9. The molecule has 5 rings (SSSR count). The first-order valence-electron chi connectivity index (χ1n) is 11.9. The van der Waals surface area contributed by atoms with Crippen LogP contribution in [-0.2, 0) is 14.6 Å². The molecule has 1 aliphatic rings. The first-order valence-corrected chi connectivity index (χ1v) is 13.3. The Morgan fingerprint density at radius 2 is 2.10 bits per heavy atom. The number of nitro benzene ring substituents is 1. The standard InChI is InChI=1S/C25H24N6O7S/c26-24(32)19-2-1-3-22(23(19)38-17-10-15-6-7-28-25(15)30-13-17)39(35,36)18-4-5-20(21(11-18)31(33)34)29-12-16-14-37-9-8-27-16/h1-7,10-11,13,16,27,29H,8-9,12,14H2,(H2,26,32)(H,28,30). The highest BCUT2D eigenvalue weighted by atomic mass is 32.2. The monoisotopic (exact) mass is 552 g/mol. The number of nitrogens with zero attached hydrogens (tertiary/aromatic N) is 2. The zero-order chi connectivity index (χ0) is 27.6. The molecule has 0 spiro atoms. The number of aromatic nitrogens is 2. The van der Waals surface area contributed by atoms with Crippen molar-refractivity contribution in [2.45, 2.75) is 15.8 Å². The molecule has 1 aliphatic heterocycles. The summed E-state index contributed by atoms with van der Waals surface area (Å²) in [4.78, 5) is 29.8. The van der Waals surface area contributed by atoms with E-state index in [1.807, 2.05) is 0 Å². The van der Waals surface area contributed by atoms with E-state index in [2.05, 4.69) is 20.6 Å². The van der Waals surface area contributed by atoms with Crippen molar-refractivity contribution < 1.29 is 27.6 Å². The lowest BCUT2D eigenvalue weighted by molar-refractivity contribution is -0.384. The van der Waals surface area contributed by atoms with E-state index >= 15 is 0 Å². The number of hydrogen-bond donors (Lipinski definition) is 4. The first kappa shape index (κ1) is 26.1. The van der Waals surface area contributed by atoms with E-state index in [4.69, 9.17) is 15.2 Å². The number of hydrogen-bond acceptors (Lipinski definition) is 10. The van der Waals surface area contributed by atoms with Gasteiger partial charge in [0.05, 0.1) is 34.8 Å². The van der Waals surface area contributed by atoms with Gasteiger partial charge in [0.25, 0.3) is 11.6 Å². The van der Waals surface area contributed by atoms with Crippen molar-refractivity contribution in [3.63, 3.8) is 0 Å². The molecule has 0 saturated carbocycles. The maximum Gasteiger partial charge on any atom is 0.293 e. The van der Waals surface area contributed by atoms with Crippen LogP contribution in [-0.4, -0.2) is 61.6 Å². The normalized spacial score (nSPS) is 15.6. The summed E-state index contributed by atoms with van der Waals surface area (Å²) in [6.07, 6.45) is 3.05. The molecule has 3 heterocycles. The molecule has 5 N–H and O–H groups in total. The molecule has 1 fully saturated rings. The highest BCUT2D eigenvalue weighted by Crippen LogP contribution is 2.38. The number of fused-ring (bicyclic) bond motifs is 1. The fourth-order valence-electron chi connectivity index (χ4n) is 4.21. The summed E-state index contributed by atoms with van der Waals surface area (Å²) in [6, 6.07) is 10.8. The number of nitro groups is 1. The molecular formula is C25H24N6O7S. The van der Waals surface area contributed by atoms with E-state index in [-0.39, 0.29) is 38.6 Å². The number of aromatic amines is 1. The van der Waals surface area contributed by atoms with Gasteiger partial charge in [-0.05, 0) is 36.4 Å². The Kier molecular flexibility index (Phi) is 7.15. The van der Waals surface area contributed by atoms with E-state index in [1.165, 1.54) is 36.5 Å². The van der Waals surface area contributed by atoms with Crippen molar-refractivity contribution in [3.8, 4) is 11.5 Å². The van der Waals surface area contributed by atoms with Gasteiger partial charge in [0.2, 0.25) is 9.84 Å². The van der Waals surface area contributed by atoms with Crippen LogP contribution < -0.4 is 21.1 Å². The Morgan fingerprint density at radius 1 is 1.26 bits per heavy atom. The van der Waals surface area contributed by atoms with Crippen LogP contribution >= 0.6 is 0 Å². The number of primary amides is 1. The number of H-pyrrole nitrogens is 1. The van der Waals surface area contributed by atoms with E-state index in [0.717, 1.165) is 6.07 Å². The summed E-state index contributed by atoms with van der Waals surface area (Å²) in [7, 11) is -4.41. The number of carbonyl (C=O) groups excluding carboxylic acids is 1. The minimum absolute atomic E-state index is 0.0574. The smallest absolute Gasteiger partial charge is 0.293 e. The van der Waals surface area contributed by atoms with Crippen LogP contribution in [0.4, 0.5) is 11.4 Å². The third-order valence-electron chi connectivity index (χ3n) is 6.14. The number of ether oxygens (including phenoxy) is 2. The first-order chi connectivity index (χ1) is 18.7. The lowest BCUT2D eigenvalue weighted by Crippen LogP contribution is -2.45. The lowest BCUT2D eigenvalue weighted by atomic mass is 10.2. The zero-order valence-electron chi connectivity index (χ0n) is 20.4. The van der Waals surface area contributed by atoms with Crippen molar-refractivity contribution in [1.82, 2.24) is 15.3 Å². The largest absolute Gasteiger partial charge is 0.453 e. The van der Waals surface area contributed by atoms with Crippen LogP contribution in [0.25, 0.3) is 11.0 Å². The third-order valence-corrected chi connectivity index (χ3v) is 7.92. The molecule has 1 saturated heterocycles. The summed E-state index contributed by atoms with van der Waals surface area (Å²) in [5.74, 6) is -1.06. The summed E-state index contributed by atoms with van der Waals surface area (Å²) in [5, 5.41) is 18.8. The molecule has 0 bridgehead atoms. The minimum atomic E-state index is -4.41. The predicted molar refractivity (Wildman–Crippen MR) is 141 cm³/mol. The Balaban J connectivity index is 1.52. The molecular weight excluding hydrogens is 528 g/mol. The van der Waals surface area contributed by atoms with E-state index in [0.29, 0.717) is 37.3 Å². The van der Waals surface area contributed by atoms with Crippen LogP contribution in [0.2, 0.25) is 0 Å². The van der Waals surface area contributed by atoms with Gasteiger partial charge in [0, 0.05) is 36.8 Å². The van der Waals surface area contributed by atoms with E-state index < -0.39 is 26.4 Å². The van der Waals surface area contributed by atoms with Gasteiger partial charge < -0.3 is 30.8 Å². The minimum Gasteiger partial charge on any atom is -0.453 e. The predicted octanol–water partition coefficient (Wildman–Crippen LogP) is 2.60. The Morgan fingerprint density at radius 3 is 2.85 bits per heavy atom. The van der Waals surface area contributed by atoms with Gasteiger partial charge in [0.15, 0.2) is 5.75 Å². The van der Waals surface area contributed by atoms with Crippen LogP contribution in [0.3, 0.4) is 0 Å². The highest BCUT2D eigenvalue weighted by molar-refractivity contribution is 7.91. The Hall–Kier alpha value is -4.53. The van der Waals surface area contributed by atoms with Gasteiger partial charge in [-0.1, -0.05) is 6.07 Å². The Bertz CT molecular complexity index is 1660. The van der Waals surface area contributed by atoms with Crippen molar-refractivity contribution >= 4 is 38.2 Å². The van der Waals surface area contributed by atoms with E-state index in [9.17, 15) is 23.3 Å². The second-order valence-corrected chi connectivity index (χ2v) is 10.7. The number of morpholine rings is 1. The molecule has 13 nitrogen and oxygen atoms in total. The third kappa shape index (κ3) is 5.38. The molecule has 1 unspecified atom stereocenters. The number of para-hydroxylation sites is 1. The van der Waals surface area contributed by atoms with Crippen LogP contribution in [0, 0.1) is 10.1 Å². The molecule has 39 heavy (non-hydrogen) atoms. The highest BCUT2D eigenvalue weighted by Gasteiger charge is 2.29. The van der Waals surface area contributed by atoms with Gasteiger partial charge in [-0.15, -0.1) is 0 Å². The van der Waals surface area contributed by atoms with Gasteiger partial charge in [0.1, 0.15) is 22.0 Å². The van der Waals surface area contributed by atoms with Crippen molar-refractivity contribution in [1.29, 1.82) is 0 Å². The van der Waals surface area contributed by atoms with Gasteiger partial charge in [-0.2, -0.15) is 0 Å². The lowest BCUT2D eigenvalue weighted by Gasteiger charge is -2.24. The number of carbonyl (C=O) groups is 1. The summed E-state index contributed by atoms with van der Waals surface area (Å²) < 4.78 is 38.8. The summed E-state index contributed by atoms with van der Waals surface area (Å²) >= 11 is 0. The fourth-order valence-corrected chi connectivity index (χ4v) is 5.63. The second-order valence-electron chi connectivity index (χ2n) is 8.73. The molecule has 202 valence electrons. The van der Waals surface area contributed by atoms with Crippen LogP contribution in [0.5, 0.6) is 11.5 Å². The molecule has 1 atom stereocenters. The maximum absolute atomic E-state index is 13.8. The van der Waals surface area contributed by atoms with Crippen molar-refractivity contribution in [2.24, 2.45) is 5.73 Å². The van der Waals surface area contributed by atoms with Crippen LogP contribution in [0.1, 0.15) is 10.4 Å². The Labute approximate surface area is 222 Å². The molecule has 2 aromatic heterocycles. The molecule has 14 heteroatoms. The van der Waals surface area contributed by atoms with Crippen molar-refractivity contribution in [3.05, 3.63) is 76.6 Å². The number of sulfone groups is 1. The van der Waals surface area contributed by atoms with Crippen molar-refractivity contribution in [2.75, 3.05) is 31.6 Å².